The van der Waals surface area contributed by atoms with E-state index in [0.29, 0.717) is 5.88 Å². The van der Waals surface area contributed by atoms with Crippen molar-refractivity contribution in [1.82, 2.24) is 9.97 Å². The molecule has 0 unspecified atom stereocenters. The van der Waals surface area contributed by atoms with Gasteiger partial charge in [0, 0.05) is 34.5 Å². The molecule has 0 saturated carbocycles. The van der Waals surface area contributed by atoms with E-state index >= 15 is 0 Å². The minimum absolute atomic E-state index is 0.573. The standard InChI is InChI=1S/C24H20N2O2Si/c1-29(2,24-8-4-6-14-26-24)18-10-12-22-20(16-18)19-15-17(9-11-21(19)28-22)27-23-7-3-5-13-25-23/h3-16H,1-2H3. The Kier molecular flexibility index (Phi) is 4.18. The molecule has 5 aromatic rings. The van der Waals surface area contributed by atoms with Crippen molar-refractivity contribution in [3.8, 4) is 11.6 Å². The lowest BCUT2D eigenvalue weighted by molar-refractivity contribution is 0.463. The van der Waals surface area contributed by atoms with E-state index in [0.717, 1.165) is 27.7 Å². The highest BCUT2D eigenvalue weighted by Crippen LogP contribution is 2.32. The number of furan rings is 1. The van der Waals surface area contributed by atoms with Crippen molar-refractivity contribution in [1.29, 1.82) is 0 Å². The second-order valence-electron chi connectivity index (χ2n) is 7.58. The zero-order chi connectivity index (χ0) is 19.8. The lowest BCUT2D eigenvalue weighted by Gasteiger charge is -2.22. The molecule has 2 aromatic carbocycles. The van der Waals surface area contributed by atoms with E-state index in [-0.39, 0.29) is 0 Å². The molecule has 0 saturated heterocycles. The Morgan fingerprint density at radius 3 is 2.21 bits per heavy atom. The summed E-state index contributed by atoms with van der Waals surface area (Å²) >= 11 is 0. The van der Waals surface area contributed by atoms with Crippen LogP contribution in [0.3, 0.4) is 0 Å². The Balaban J connectivity index is 1.61. The topological polar surface area (TPSA) is 48.2 Å². The maximum absolute atomic E-state index is 6.06. The molecular formula is C24H20N2O2Si. The van der Waals surface area contributed by atoms with Crippen molar-refractivity contribution in [3.05, 3.63) is 85.2 Å². The van der Waals surface area contributed by atoms with Crippen LogP contribution in [0.5, 0.6) is 11.6 Å². The molecule has 29 heavy (non-hydrogen) atoms. The van der Waals surface area contributed by atoms with Crippen LogP contribution in [0.2, 0.25) is 13.1 Å². The van der Waals surface area contributed by atoms with Crippen molar-refractivity contribution in [2.45, 2.75) is 13.1 Å². The first-order chi connectivity index (χ1) is 14.1. The van der Waals surface area contributed by atoms with Crippen LogP contribution in [0.1, 0.15) is 0 Å². The molecule has 0 N–H and O–H groups in total. The van der Waals surface area contributed by atoms with Gasteiger partial charge in [0.25, 0.3) is 0 Å². The van der Waals surface area contributed by atoms with Crippen LogP contribution in [0.4, 0.5) is 0 Å². The summed E-state index contributed by atoms with van der Waals surface area (Å²) < 4.78 is 12.0. The summed E-state index contributed by atoms with van der Waals surface area (Å²) in [6.07, 6.45) is 3.59. The molecule has 0 aliphatic heterocycles. The van der Waals surface area contributed by atoms with Gasteiger partial charge in [-0.15, -0.1) is 0 Å². The van der Waals surface area contributed by atoms with Crippen LogP contribution >= 0.6 is 0 Å². The number of ether oxygens (including phenoxy) is 1. The second kappa shape index (κ2) is 6.86. The van der Waals surface area contributed by atoms with Gasteiger partial charge in [-0.3, -0.25) is 4.98 Å². The third kappa shape index (κ3) is 3.19. The minimum Gasteiger partial charge on any atom is -0.456 e. The van der Waals surface area contributed by atoms with Crippen LogP contribution in [0.15, 0.2) is 89.6 Å². The Bertz CT molecular complexity index is 1300. The van der Waals surface area contributed by atoms with Gasteiger partial charge in [-0.25, -0.2) is 4.98 Å². The van der Waals surface area contributed by atoms with Crippen LogP contribution < -0.4 is 15.2 Å². The average molecular weight is 397 g/mol. The first-order valence-corrected chi connectivity index (χ1v) is 12.6. The molecule has 0 aliphatic rings. The van der Waals surface area contributed by atoms with Gasteiger partial charge < -0.3 is 9.15 Å². The molecule has 0 spiro atoms. The molecule has 0 amide bonds. The molecule has 0 radical (unpaired) electrons. The highest BCUT2D eigenvalue weighted by Gasteiger charge is 2.28. The van der Waals surface area contributed by atoms with E-state index in [4.69, 9.17) is 9.15 Å². The van der Waals surface area contributed by atoms with Gasteiger partial charge in [0.15, 0.2) is 0 Å². The smallest absolute Gasteiger partial charge is 0.219 e. The first-order valence-electron chi connectivity index (χ1n) is 9.58. The van der Waals surface area contributed by atoms with Crippen LogP contribution in [-0.2, 0) is 0 Å². The fourth-order valence-electron chi connectivity index (χ4n) is 3.62. The van der Waals surface area contributed by atoms with Gasteiger partial charge in [-0.2, -0.15) is 0 Å². The van der Waals surface area contributed by atoms with Crippen molar-refractivity contribution >= 4 is 40.5 Å². The third-order valence-corrected chi connectivity index (χ3v) is 8.66. The zero-order valence-electron chi connectivity index (χ0n) is 16.3. The van der Waals surface area contributed by atoms with E-state index in [9.17, 15) is 0 Å². The van der Waals surface area contributed by atoms with Crippen molar-refractivity contribution in [3.63, 3.8) is 0 Å². The molecule has 142 valence electrons. The SMILES string of the molecule is C[Si](C)(c1ccc2oc3ccc(Oc4ccccn4)cc3c2c1)c1ccccn1. The Morgan fingerprint density at radius 1 is 0.759 bits per heavy atom. The quantitative estimate of drug-likeness (QED) is 0.402. The molecule has 3 heterocycles. The Labute approximate surface area is 169 Å². The second-order valence-corrected chi connectivity index (χ2v) is 11.9. The van der Waals surface area contributed by atoms with E-state index < -0.39 is 8.07 Å². The number of hydrogen-bond donors (Lipinski definition) is 0. The number of pyridine rings is 2. The highest BCUT2D eigenvalue weighted by molar-refractivity contribution is 7.00. The van der Waals surface area contributed by atoms with Gasteiger partial charge in [-0.1, -0.05) is 42.5 Å². The fraction of sp³-hybridized carbons (Fsp3) is 0.0833. The molecule has 5 heteroatoms. The molecule has 3 aromatic heterocycles. The van der Waals surface area contributed by atoms with E-state index in [1.807, 2.05) is 48.7 Å². The summed E-state index contributed by atoms with van der Waals surface area (Å²) in [7, 11) is -1.90. The molecular weight excluding hydrogens is 376 g/mol. The van der Waals surface area contributed by atoms with Crippen LogP contribution in [0, 0.1) is 0 Å². The summed E-state index contributed by atoms with van der Waals surface area (Å²) in [5.74, 6) is 1.31. The lowest BCUT2D eigenvalue weighted by Crippen LogP contribution is -2.54. The van der Waals surface area contributed by atoms with Crippen molar-refractivity contribution in [2.75, 3.05) is 0 Å². The molecule has 0 aliphatic carbocycles. The van der Waals surface area contributed by atoms with E-state index in [1.54, 1.807) is 6.20 Å². The Hall–Kier alpha value is -3.44. The van der Waals surface area contributed by atoms with Crippen LogP contribution in [0.25, 0.3) is 21.9 Å². The number of benzene rings is 2. The van der Waals surface area contributed by atoms with Gasteiger partial charge in [0.05, 0.1) is 0 Å². The summed E-state index contributed by atoms with van der Waals surface area (Å²) in [5, 5.41) is 4.63. The lowest BCUT2D eigenvalue weighted by atomic mass is 10.1. The number of hydrogen-bond acceptors (Lipinski definition) is 4. The number of rotatable bonds is 4. The zero-order valence-corrected chi connectivity index (χ0v) is 17.3. The first kappa shape index (κ1) is 17.6. The maximum Gasteiger partial charge on any atom is 0.219 e. The average Bonchev–Trinajstić information content (AvgIpc) is 3.12. The molecule has 0 atom stereocenters. The minimum atomic E-state index is -1.90. The normalized spacial score (nSPS) is 11.8. The van der Waals surface area contributed by atoms with Gasteiger partial charge in [0.1, 0.15) is 25.0 Å². The van der Waals surface area contributed by atoms with Gasteiger partial charge >= 0.3 is 0 Å². The van der Waals surface area contributed by atoms with Gasteiger partial charge in [-0.05, 0) is 42.5 Å². The highest BCUT2D eigenvalue weighted by atomic mass is 28.3. The predicted molar refractivity (Wildman–Crippen MR) is 119 cm³/mol. The van der Waals surface area contributed by atoms with E-state index in [2.05, 4.69) is 53.4 Å². The van der Waals surface area contributed by atoms with Gasteiger partial charge in [0.2, 0.25) is 5.88 Å². The Morgan fingerprint density at radius 2 is 1.48 bits per heavy atom. The molecule has 4 nitrogen and oxygen atoms in total. The largest absolute Gasteiger partial charge is 0.456 e. The predicted octanol–water partition coefficient (Wildman–Crippen LogP) is 4.99. The monoisotopic (exact) mass is 396 g/mol. The molecule has 0 bridgehead atoms. The molecule has 5 rings (SSSR count). The summed E-state index contributed by atoms with van der Waals surface area (Å²) in [6.45, 7) is 4.66. The third-order valence-electron chi connectivity index (χ3n) is 5.33. The van der Waals surface area contributed by atoms with Crippen molar-refractivity contribution in [2.24, 2.45) is 0 Å². The summed E-state index contributed by atoms with van der Waals surface area (Å²) in [5.41, 5.74) is 1.73. The van der Waals surface area contributed by atoms with E-state index in [1.165, 1.54) is 10.5 Å². The number of aromatic nitrogens is 2. The maximum atomic E-state index is 6.06. The van der Waals surface area contributed by atoms with Crippen molar-refractivity contribution < 1.29 is 9.15 Å². The summed E-state index contributed by atoms with van der Waals surface area (Å²) in [6, 6.07) is 24.2. The fourth-order valence-corrected chi connectivity index (χ4v) is 5.83. The van der Waals surface area contributed by atoms with Crippen LogP contribution in [-0.4, -0.2) is 18.0 Å². The number of fused-ring (bicyclic) bond motifs is 3. The summed E-state index contributed by atoms with van der Waals surface area (Å²) in [4.78, 5) is 8.87. The molecule has 0 fully saturated rings. The number of nitrogens with zero attached hydrogens (tertiary/aromatic N) is 2.